The van der Waals surface area contributed by atoms with Crippen LogP contribution in [0.3, 0.4) is 0 Å². The van der Waals surface area contributed by atoms with Crippen molar-refractivity contribution >= 4 is 11.9 Å². The summed E-state index contributed by atoms with van der Waals surface area (Å²) in [6.07, 6.45) is 5.03. The van der Waals surface area contributed by atoms with Gasteiger partial charge in [0.1, 0.15) is 12.7 Å². The Morgan fingerprint density at radius 2 is 2.21 bits per heavy atom. The van der Waals surface area contributed by atoms with E-state index in [4.69, 9.17) is 10.8 Å². The molecule has 1 aliphatic carbocycles. The Morgan fingerprint density at radius 1 is 1.37 bits per heavy atom. The van der Waals surface area contributed by atoms with Gasteiger partial charge in [-0.15, -0.1) is 0 Å². The van der Waals surface area contributed by atoms with Crippen LogP contribution < -0.4 is 10.6 Å². The molecule has 1 fully saturated rings. The van der Waals surface area contributed by atoms with Gasteiger partial charge in [0, 0.05) is 12.6 Å². The molecule has 2 aromatic heterocycles. The normalized spacial score (nSPS) is 14.6. The van der Waals surface area contributed by atoms with E-state index in [1.165, 1.54) is 17.3 Å². The van der Waals surface area contributed by atoms with E-state index < -0.39 is 0 Å². The number of anilines is 2. The molecule has 3 N–H and O–H groups in total. The summed E-state index contributed by atoms with van der Waals surface area (Å²) in [5.74, 6) is 0.914. The van der Waals surface area contributed by atoms with E-state index >= 15 is 0 Å². The van der Waals surface area contributed by atoms with Crippen molar-refractivity contribution in [3.8, 4) is 5.95 Å². The Balaban J connectivity index is 1.96. The maximum Gasteiger partial charge on any atom is 0.258 e. The number of hydrogen-bond acceptors (Lipinski definition) is 8. The molecule has 2 heterocycles. The third-order valence-corrected chi connectivity index (χ3v) is 2.84. The van der Waals surface area contributed by atoms with Crippen LogP contribution in [-0.4, -0.2) is 54.0 Å². The lowest BCUT2D eigenvalue weighted by Crippen LogP contribution is -2.31. The first-order chi connectivity index (χ1) is 9.28. The number of rotatable bonds is 5. The predicted octanol–water partition coefficient (Wildman–Crippen LogP) is -1.00. The van der Waals surface area contributed by atoms with Crippen molar-refractivity contribution in [3.63, 3.8) is 0 Å². The highest BCUT2D eigenvalue weighted by atomic mass is 16.3. The Bertz CT molecular complexity index is 553. The Kier molecular flexibility index (Phi) is 2.95. The van der Waals surface area contributed by atoms with E-state index in [9.17, 15) is 0 Å². The molecule has 0 radical (unpaired) electrons. The number of aliphatic hydroxyl groups is 1. The van der Waals surface area contributed by atoms with Gasteiger partial charge in [-0.1, -0.05) is 0 Å². The van der Waals surface area contributed by atoms with Crippen LogP contribution in [0, 0.1) is 0 Å². The Morgan fingerprint density at radius 3 is 2.84 bits per heavy atom. The van der Waals surface area contributed by atoms with E-state index in [0.717, 1.165) is 12.8 Å². The first kappa shape index (κ1) is 11.8. The standard InChI is InChI=1S/C10H14N8O/c11-8-14-9(17(3-4-19)7-1-2-7)16-10(15-8)18-6-12-5-13-18/h5-7,19H,1-4H2,(H2,11,14,15,16). The van der Waals surface area contributed by atoms with E-state index in [-0.39, 0.29) is 12.6 Å². The van der Waals surface area contributed by atoms with Gasteiger partial charge in [0.25, 0.3) is 5.95 Å². The second-order valence-electron chi connectivity index (χ2n) is 4.28. The van der Waals surface area contributed by atoms with Crippen LogP contribution in [0.15, 0.2) is 12.7 Å². The molecule has 9 heteroatoms. The highest BCUT2D eigenvalue weighted by Crippen LogP contribution is 2.29. The average molecular weight is 262 g/mol. The van der Waals surface area contributed by atoms with E-state index in [2.05, 4.69) is 25.0 Å². The van der Waals surface area contributed by atoms with Crippen molar-refractivity contribution in [1.29, 1.82) is 0 Å². The molecule has 19 heavy (non-hydrogen) atoms. The molecule has 0 amide bonds. The van der Waals surface area contributed by atoms with Crippen molar-refractivity contribution < 1.29 is 5.11 Å². The van der Waals surface area contributed by atoms with Gasteiger partial charge in [0.15, 0.2) is 0 Å². The van der Waals surface area contributed by atoms with Crippen molar-refractivity contribution in [1.82, 2.24) is 29.7 Å². The van der Waals surface area contributed by atoms with Gasteiger partial charge < -0.3 is 15.7 Å². The van der Waals surface area contributed by atoms with Gasteiger partial charge in [-0.3, -0.25) is 0 Å². The summed E-state index contributed by atoms with van der Waals surface area (Å²) in [5, 5.41) is 13.1. The third kappa shape index (κ3) is 2.45. The van der Waals surface area contributed by atoms with Crippen LogP contribution in [0.1, 0.15) is 12.8 Å². The molecule has 2 aromatic rings. The summed E-state index contributed by atoms with van der Waals surface area (Å²) in [7, 11) is 0. The van der Waals surface area contributed by atoms with E-state index in [1.807, 2.05) is 4.90 Å². The maximum atomic E-state index is 9.13. The zero-order valence-electron chi connectivity index (χ0n) is 10.2. The zero-order valence-corrected chi connectivity index (χ0v) is 10.2. The van der Waals surface area contributed by atoms with E-state index in [0.29, 0.717) is 24.5 Å². The monoisotopic (exact) mass is 262 g/mol. The van der Waals surface area contributed by atoms with Crippen molar-refractivity contribution in [2.75, 3.05) is 23.8 Å². The largest absolute Gasteiger partial charge is 0.395 e. The zero-order chi connectivity index (χ0) is 13.2. The topological polar surface area (TPSA) is 119 Å². The number of nitrogens with zero attached hydrogens (tertiary/aromatic N) is 7. The lowest BCUT2D eigenvalue weighted by Gasteiger charge is -2.21. The maximum absolute atomic E-state index is 9.13. The fourth-order valence-corrected chi connectivity index (χ4v) is 1.85. The SMILES string of the molecule is Nc1nc(N(CCO)C2CC2)nc(-n2cncn2)n1. The van der Waals surface area contributed by atoms with Gasteiger partial charge in [-0.05, 0) is 12.8 Å². The summed E-state index contributed by atoms with van der Waals surface area (Å²) in [4.78, 5) is 18.3. The molecule has 3 rings (SSSR count). The molecule has 0 aromatic carbocycles. The van der Waals surface area contributed by atoms with Crippen LogP contribution >= 0.6 is 0 Å². The highest BCUT2D eigenvalue weighted by Gasteiger charge is 2.31. The summed E-state index contributed by atoms with van der Waals surface area (Å²) >= 11 is 0. The molecular formula is C10H14N8O. The van der Waals surface area contributed by atoms with Gasteiger partial charge >= 0.3 is 0 Å². The fraction of sp³-hybridized carbons (Fsp3) is 0.500. The molecule has 0 spiro atoms. The van der Waals surface area contributed by atoms with Crippen LogP contribution in [-0.2, 0) is 0 Å². The van der Waals surface area contributed by atoms with Gasteiger partial charge in [0.05, 0.1) is 6.61 Å². The van der Waals surface area contributed by atoms with Gasteiger partial charge in [-0.25, -0.2) is 4.98 Å². The molecule has 9 nitrogen and oxygen atoms in total. The molecule has 100 valence electrons. The average Bonchev–Trinajstić information content (AvgIpc) is 3.08. The number of nitrogens with two attached hydrogens (primary N) is 1. The van der Waals surface area contributed by atoms with Gasteiger partial charge in [-0.2, -0.15) is 24.7 Å². The molecule has 0 saturated heterocycles. The van der Waals surface area contributed by atoms with Crippen LogP contribution in [0.4, 0.5) is 11.9 Å². The summed E-state index contributed by atoms with van der Waals surface area (Å²) < 4.78 is 1.42. The van der Waals surface area contributed by atoms with Crippen LogP contribution in [0.5, 0.6) is 0 Å². The minimum Gasteiger partial charge on any atom is -0.395 e. The summed E-state index contributed by atoms with van der Waals surface area (Å²) in [5.41, 5.74) is 5.71. The fourth-order valence-electron chi connectivity index (χ4n) is 1.85. The second kappa shape index (κ2) is 4.76. The van der Waals surface area contributed by atoms with E-state index in [1.54, 1.807) is 0 Å². The van der Waals surface area contributed by atoms with Gasteiger partial charge in [0.2, 0.25) is 11.9 Å². The lowest BCUT2D eigenvalue weighted by molar-refractivity contribution is 0.300. The molecule has 0 unspecified atom stereocenters. The molecule has 0 bridgehead atoms. The molecule has 0 atom stereocenters. The third-order valence-electron chi connectivity index (χ3n) is 2.84. The first-order valence-electron chi connectivity index (χ1n) is 6.02. The Hall–Kier alpha value is -2.29. The Labute approximate surface area is 109 Å². The molecular weight excluding hydrogens is 248 g/mol. The lowest BCUT2D eigenvalue weighted by atomic mass is 10.5. The minimum absolute atomic E-state index is 0.0424. The molecule has 1 saturated carbocycles. The predicted molar refractivity (Wildman–Crippen MR) is 66.6 cm³/mol. The molecule has 0 aliphatic heterocycles. The first-order valence-corrected chi connectivity index (χ1v) is 6.02. The smallest absolute Gasteiger partial charge is 0.258 e. The van der Waals surface area contributed by atoms with Crippen molar-refractivity contribution in [2.45, 2.75) is 18.9 Å². The number of hydrogen-bond donors (Lipinski definition) is 2. The van der Waals surface area contributed by atoms with Crippen LogP contribution in [0.2, 0.25) is 0 Å². The van der Waals surface area contributed by atoms with Crippen molar-refractivity contribution in [3.05, 3.63) is 12.7 Å². The summed E-state index contributed by atoms with van der Waals surface area (Å²) in [6, 6.07) is 0.373. The number of aromatic nitrogens is 6. The minimum atomic E-state index is 0.0424. The van der Waals surface area contributed by atoms with Crippen LogP contribution in [0.25, 0.3) is 5.95 Å². The second-order valence-corrected chi connectivity index (χ2v) is 4.28. The quantitative estimate of drug-likeness (QED) is 0.704. The summed E-state index contributed by atoms with van der Waals surface area (Å²) in [6.45, 7) is 0.520. The highest BCUT2D eigenvalue weighted by molar-refractivity contribution is 5.40. The molecule has 1 aliphatic rings. The number of aliphatic hydroxyl groups excluding tert-OH is 1. The van der Waals surface area contributed by atoms with Crippen molar-refractivity contribution in [2.24, 2.45) is 0 Å². The number of nitrogen functional groups attached to an aromatic ring is 1.